The number of hydrogen-bond donors (Lipinski definition) is 8. The zero-order chi connectivity index (χ0) is 49.9. The van der Waals surface area contributed by atoms with Gasteiger partial charge in [-0.1, -0.05) is 75.7 Å². The molecular formula is C46H63ClN8O12. The summed E-state index contributed by atoms with van der Waals surface area (Å²) < 4.78 is 5.82. The Labute approximate surface area is 394 Å². The third-order valence-corrected chi connectivity index (χ3v) is 11.9. The van der Waals surface area contributed by atoms with Gasteiger partial charge < -0.3 is 57.1 Å². The zero-order valence-corrected chi connectivity index (χ0v) is 39.5. The quantitative estimate of drug-likeness (QED) is 0.126. The molecule has 2 fully saturated rings. The Morgan fingerprint density at radius 3 is 2.13 bits per heavy atom. The first-order valence-electron chi connectivity index (χ1n) is 22.2. The van der Waals surface area contributed by atoms with Gasteiger partial charge in [-0.25, -0.2) is 4.79 Å². The Hall–Kier alpha value is -6.28. The van der Waals surface area contributed by atoms with E-state index < -0.39 is 114 Å². The molecule has 366 valence electrons. The number of halogens is 1. The lowest BCUT2D eigenvalue weighted by molar-refractivity contribution is -0.165. The van der Waals surface area contributed by atoms with Crippen LogP contribution in [0.15, 0.2) is 48.5 Å². The topological polar surface area (TPSA) is 296 Å². The van der Waals surface area contributed by atoms with Crippen LogP contribution in [0.2, 0.25) is 5.02 Å². The van der Waals surface area contributed by atoms with Crippen molar-refractivity contribution in [3.05, 3.63) is 64.7 Å². The number of fused-ring (bicyclic) bond motifs is 2. The van der Waals surface area contributed by atoms with E-state index in [1.807, 2.05) is 0 Å². The van der Waals surface area contributed by atoms with Crippen LogP contribution in [-0.4, -0.2) is 135 Å². The van der Waals surface area contributed by atoms with E-state index in [9.17, 15) is 48.6 Å². The van der Waals surface area contributed by atoms with Crippen molar-refractivity contribution in [1.29, 1.82) is 0 Å². The number of amides is 8. The molecule has 0 unspecified atom stereocenters. The Morgan fingerprint density at radius 1 is 0.881 bits per heavy atom. The van der Waals surface area contributed by atoms with Crippen LogP contribution in [-0.2, 0) is 60.7 Å². The number of esters is 1. The van der Waals surface area contributed by atoms with Crippen molar-refractivity contribution in [2.24, 2.45) is 17.6 Å². The number of piperidine rings is 1. The van der Waals surface area contributed by atoms with Gasteiger partial charge >= 0.3 is 5.97 Å². The highest BCUT2D eigenvalue weighted by Gasteiger charge is 2.46. The number of phenols is 1. The maximum Gasteiger partial charge on any atom is 0.329 e. The standard InChI is InChI=1S/C46H63ClN8O12/c1-23(2)19-32-41(61)50-31-15-18-37(59)55(44(31)64)34(21-27-11-9-8-10-12-27)45(65)54(7)33(22-28-13-16-35(57)29(47)20-28)42(62)52-38(24(3)4)46(66)67-25(5)39(43(63)51-32)53-40(60)30(49-26(6)56)14-17-36(48)58/h8-13,16,20,23-25,30-34,37-39,57,59H,14-15,17-19,21-22H2,1-7H3,(H2,48,58)(H,49,56)(H,50,61)(H,51,63)(H,52,62)(H,53,60)/t25-,30-,31+,32-,33-,34-,37-,38-,39-/m0/s1. The molecule has 8 amide bonds. The molecule has 2 heterocycles. The largest absolute Gasteiger partial charge is 0.506 e. The van der Waals surface area contributed by atoms with Crippen LogP contribution in [0.1, 0.15) is 84.8 Å². The minimum atomic E-state index is -1.76. The summed E-state index contributed by atoms with van der Waals surface area (Å²) in [5, 5.41) is 34.6. The molecule has 0 spiro atoms. The molecule has 2 bridgehead atoms. The lowest BCUT2D eigenvalue weighted by Gasteiger charge is -2.43. The number of aliphatic hydroxyl groups excluding tert-OH is 1. The van der Waals surface area contributed by atoms with Gasteiger partial charge in [-0.3, -0.25) is 38.4 Å². The molecule has 9 atom stereocenters. The van der Waals surface area contributed by atoms with E-state index in [0.717, 1.165) is 16.7 Å². The summed E-state index contributed by atoms with van der Waals surface area (Å²) in [6.45, 7) is 9.17. The Balaban J connectivity index is 1.89. The Kier molecular flexibility index (Phi) is 19.1. The molecule has 2 aliphatic rings. The van der Waals surface area contributed by atoms with Crippen LogP contribution in [0, 0.1) is 11.8 Å². The summed E-state index contributed by atoms with van der Waals surface area (Å²) in [5.41, 5.74) is 6.30. The number of carbonyl (C=O) groups is 9. The number of phenolic OH excluding ortho intramolecular Hbond substituents is 1. The fraction of sp³-hybridized carbons (Fsp3) is 0.543. The molecule has 0 radical (unpaired) electrons. The number of hydrogen-bond acceptors (Lipinski definition) is 12. The first kappa shape index (κ1) is 53.3. The third-order valence-electron chi connectivity index (χ3n) is 11.6. The summed E-state index contributed by atoms with van der Waals surface area (Å²) in [6, 6.07) is 2.74. The van der Waals surface area contributed by atoms with Gasteiger partial charge in [0.2, 0.25) is 47.3 Å². The number of ether oxygens (including phenoxy) is 1. The first-order valence-corrected chi connectivity index (χ1v) is 22.6. The second-order valence-corrected chi connectivity index (χ2v) is 18.2. The van der Waals surface area contributed by atoms with Gasteiger partial charge in [-0.15, -0.1) is 0 Å². The van der Waals surface area contributed by atoms with E-state index in [-0.39, 0.29) is 61.6 Å². The van der Waals surface area contributed by atoms with Gasteiger partial charge in [0.15, 0.2) is 0 Å². The van der Waals surface area contributed by atoms with E-state index >= 15 is 4.79 Å². The van der Waals surface area contributed by atoms with Gasteiger partial charge in [0.25, 0.3) is 0 Å². The summed E-state index contributed by atoms with van der Waals surface area (Å²) in [5.74, 6) is -8.87. The minimum absolute atomic E-state index is 0.0157. The predicted molar refractivity (Wildman–Crippen MR) is 243 cm³/mol. The predicted octanol–water partition coefficient (Wildman–Crippen LogP) is 0.324. The smallest absolute Gasteiger partial charge is 0.329 e. The molecular weight excluding hydrogens is 892 g/mol. The molecule has 2 aromatic rings. The number of aliphatic hydroxyl groups is 1. The van der Waals surface area contributed by atoms with E-state index in [0.29, 0.717) is 11.1 Å². The van der Waals surface area contributed by atoms with Crippen molar-refractivity contribution in [2.75, 3.05) is 7.05 Å². The number of nitrogens with one attached hydrogen (secondary N) is 5. The van der Waals surface area contributed by atoms with Crippen molar-refractivity contribution in [2.45, 2.75) is 141 Å². The highest BCUT2D eigenvalue weighted by atomic mass is 35.5. The monoisotopic (exact) mass is 954 g/mol. The average molecular weight is 956 g/mol. The van der Waals surface area contributed by atoms with Gasteiger partial charge in [0.1, 0.15) is 60.4 Å². The van der Waals surface area contributed by atoms with Crippen LogP contribution in [0.3, 0.4) is 0 Å². The number of nitrogens with zero attached hydrogens (tertiary/aromatic N) is 2. The number of likely N-dealkylation sites (N-methyl/N-ethyl adjacent to an activating group) is 1. The van der Waals surface area contributed by atoms with Gasteiger partial charge in [0, 0.05) is 33.2 Å². The number of rotatable bonds is 13. The fourth-order valence-electron chi connectivity index (χ4n) is 8.00. The summed E-state index contributed by atoms with van der Waals surface area (Å²) >= 11 is 6.26. The Morgan fingerprint density at radius 2 is 1.54 bits per heavy atom. The third kappa shape index (κ3) is 14.6. The second-order valence-electron chi connectivity index (χ2n) is 17.8. The lowest BCUT2D eigenvalue weighted by atomic mass is 9.95. The SMILES string of the molecule is CC(=O)N[C@@H](CCC(N)=O)C(=O)N[C@@H]1C(=O)N[C@@H](CC(C)C)C(=O)N[C@@H]2CC[C@H](O)N(C2=O)[C@@H](Cc2ccccc2)C(=O)N(C)[C@@H](Cc2ccc(O)c(Cl)c2)C(=O)N[C@@H](C(C)C)C(=O)O[C@H]1C. The first-order chi connectivity index (χ1) is 31.5. The summed E-state index contributed by atoms with van der Waals surface area (Å²) in [6.07, 6.45) is -4.10. The molecule has 0 aliphatic carbocycles. The van der Waals surface area contributed by atoms with Crippen molar-refractivity contribution >= 4 is 64.8 Å². The normalized spacial score (nSPS) is 25.2. The highest BCUT2D eigenvalue weighted by Crippen LogP contribution is 2.27. The minimum Gasteiger partial charge on any atom is -0.506 e. The molecule has 0 aromatic heterocycles. The van der Waals surface area contributed by atoms with Crippen LogP contribution in [0.4, 0.5) is 0 Å². The fourth-order valence-corrected chi connectivity index (χ4v) is 8.20. The van der Waals surface area contributed by atoms with Gasteiger partial charge in [-0.2, -0.15) is 0 Å². The van der Waals surface area contributed by atoms with Crippen molar-refractivity contribution in [3.63, 3.8) is 0 Å². The van der Waals surface area contributed by atoms with E-state index in [1.165, 1.54) is 32.2 Å². The lowest BCUT2D eigenvalue weighted by Crippen LogP contribution is -2.65. The van der Waals surface area contributed by atoms with Gasteiger partial charge in [0.05, 0.1) is 5.02 Å². The van der Waals surface area contributed by atoms with Crippen LogP contribution in [0.25, 0.3) is 0 Å². The van der Waals surface area contributed by atoms with E-state index in [2.05, 4.69) is 26.6 Å². The number of nitrogens with two attached hydrogens (primary N) is 1. The number of primary amides is 1. The molecule has 0 saturated carbocycles. The van der Waals surface area contributed by atoms with Crippen LogP contribution >= 0.6 is 11.6 Å². The van der Waals surface area contributed by atoms with Gasteiger partial charge in [-0.05, 0) is 67.7 Å². The molecule has 2 aliphatic heterocycles. The number of aromatic hydroxyl groups is 1. The van der Waals surface area contributed by atoms with Crippen molar-refractivity contribution in [3.8, 4) is 5.75 Å². The molecule has 67 heavy (non-hydrogen) atoms. The van der Waals surface area contributed by atoms with E-state index in [1.54, 1.807) is 58.0 Å². The number of carbonyl (C=O) groups excluding carboxylic acids is 9. The molecule has 4 rings (SSSR count). The van der Waals surface area contributed by atoms with Crippen LogP contribution < -0.4 is 32.3 Å². The summed E-state index contributed by atoms with van der Waals surface area (Å²) in [7, 11) is 1.33. The van der Waals surface area contributed by atoms with Crippen molar-refractivity contribution < 1.29 is 58.1 Å². The Bertz CT molecular complexity index is 2160. The highest BCUT2D eigenvalue weighted by molar-refractivity contribution is 6.32. The molecule has 2 aromatic carbocycles. The maximum absolute atomic E-state index is 15.0. The second kappa shape index (κ2) is 24.0. The molecule has 9 N–H and O–H groups in total. The molecule has 21 heteroatoms. The summed E-state index contributed by atoms with van der Waals surface area (Å²) in [4.78, 5) is 127. The maximum atomic E-state index is 15.0. The van der Waals surface area contributed by atoms with E-state index in [4.69, 9.17) is 22.1 Å². The molecule has 20 nitrogen and oxygen atoms in total. The van der Waals surface area contributed by atoms with Crippen LogP contribution in [0.5, 0.6) is 5.75 Å². The molecule has 2 saturated heterocycles. The van der Waals surface area contributed by atoms with Crippen molar-refractivity contribution in [1.82, 2.24) is 36.4 Å². The average Bonchev–Trinajstić information content (AvgIpc) is 3.25. The number of cyclic esters (lactones) is 1. The zero-order valence-electron chi connectivity index (χ0n) is 38.7. The number of benzene rings is 2.